The van der Waals surface area contributed by atoms with Gasteiger partial charge in [0.1, 0.15) is 6.29 Å². The third kappa shape index (κ3) is 2.80. The molecule has 1 saturated carbocycles. The number of amides is 1. The van der Waals surface area contributed by atoms with Crippen molar-refractivity contribution < 1.29 is 9.59 Å². The van der Waals surface area contributed by atoms with Gasteiger partial charge in [0.05, 0.1) is 6.04 Å². The van der Waals surface area contributed by atoms with Crippen LogP contribution in [0.15, 0.2) is 0 Å². The van der Waals surface area contributed by atoms with Gasteiger partial charge in [-0.25, -0.2) is 0 Å². The highest BCUT2D eigenvalue weighted by Gasteiger charge is 2.28. The first kappa shape index (κ1) is 11.2. The second-order valence-electron chi connectivity index (χ2n) is 3.93. The van der Waals surface area contributed by atoms with Crippen LogP contribution in [0.5, 0.6) is 0 Å². The molecule has 0 bridgehead atoms. The summed E-state index contributed by atoms with van der Waals surface area (Å²) in [5, 5.41) is 2.72. The second kappa shape index (κ2) is 5.10. The Morgan fingerprint density at radius 1 is 1.64 bits per heavy atom. The van der Waals surface area contributed by atoms with Crippen molar-refractivity contribution in [3.05, 3.63) is 0 Å². The molecule has 80 valence electrons. The first-order valence-corrected chi connectivity index (χ1v) is 5.18. The predicted octanol–water partition coefficient (Wildman–Crippen LogP) is 0.208. The fraction of sp³-hybridized carbons (Fsp3) is 0.800. The predicted molar refractivity (Wildman–Crippen MR) is 53.6 cm³/mol. The Hall–Kier alpha value is -0.900. The number of carbonyl (C=O) groups excluding carboxylic acids is 2. The molecule has 1 amide bonds. The second-order valence-corrected chi connectivity index (χ2v) is 3.93. The fourth-order valence-corrected chi connectivity index (χ4v) is 1.79. The SMILES string of the molecule is CC[C@@H](C=O)NC(=O)[C@H]1CC[C@H](N)C1. The molecule has 0 spiro atoms. The highest BCUT2D eigenvalue weighted by Crippen LogP contribution is 2.24. The average molecular weight is 198 g/mol. The van der Waals surface area contributed by atoms with E-state index in [1.165, 1.54) is 0 Å². The number of nitrogens with one attached hydrogen (secondary N) is 1. The van der Waals surface area contributed by atoms with E-state index < -0.39 is 0 Å². The number of hydrogen-bond donors (Lipinski definition) is 2. The van der Waals surface area contributed by atoms with Crippen molar-refractivity contribution in [2.75, 3.05) is 0 Å². The van der Waals surface area contributed by atoms with Crippen LogP contribution in [0.2, 0.25) is 0 Å². The van der Waals surface area contributed by atoms with E-state index in [2.05, 4.69) is 5.32 Å². The van der Waals surface area contributed by atoms with Gasteiger partial charge in [-0.05, 0) is 25.7 Å². The van der Waals surface area contributed by atoms with Gasteiger partial charge in [-0.3, -0.25) is 4.79 Å². The summed E-state index contributed by atoms with van der Waals surface area (Å²) in [5.74, 6) is -0.00380. The highest BCUT2D eigenvalue weighted by molar-refractivity contribution is 5.82. The highest BCUT2D eigenvalue weighted by atomic mass is 16.2. The Balaban J connectivity index is 2.38. The van der Waals surface area contributed by atoms with Crippen LogP contribution >= 0.6 is 0 Å². The Labute approximate surface area is 84.2 Å². The molecule has 1 rings (SSSR count). The lowest BCUT2D eigenvalue weighted by Crippen LogP contribution is -2.39. The van der Waals surface area contributed by atoms with E-state index >= 15 is 0 Å². The molecule has 1 aliphatic rings. The lowest BCUT2D eigenvalue weighted by atomic mass is 10.1. The van der Waals surface area contributed by atoms with Gasteiger partial charge in [0.15, 0.2) is 0 Å². The Morgan fingerprint density at radius 3 is 2.79 bits per heavy atom. The average Bonchev–Trinajstić information content (AvgIpc) is 2.61. The Morgan fingerprint density at radius 2 is 2.36 bits per heavy atom. The molecule has 0 aromatic carbocycles. The fourth-order valence-electron chi connectivity index (χ4n) is 1.79. The molecule has 1 aliphatic carbocycles. The monoisotopic (exact) mass is 198 g/mol. The summed E-state index contributed by atoms with van der Waals surface area (Å²) < 4.78 is 0. The largest absolute Gasteiger partial charge is 0.346 e. The van der Waals surface area contributed by atoms with Crippen LogP contribution in [-0.2, 0) is 9.59 Å². The van der Waals surface area contributed by atoms with E-state index in [1.54, 1.807) is 0 Å². The van der Waals surface area contributed by atoms with Gasteiger partial charge in [-0.15, -0.1) is 0 Å². The van der Waals surface area contributed by atoms with E-state index in [-0.39, 0.29) is 23.9 Å². The molecular weight excluding hydrogens is 180 g/mol. The van der Waals surface area contributed by atoms with E-state index in [0.717, 1.165) is 25.5 Å². The summed E-state index contributed by atoms with van der Waals surface area (Å²) >= 11 is 0. The van der Waals surface area contributed by atoms with Gasteiger partial charge in [0.25, 0.3) is 0 Å². The maximum absolute atomic E-state index is 11.6. The lowest BCUT2D eigenvalue weighted by molar-refractivity contribution is -0.127. The third-order valence-corrected chi connectivity index (χ3v) is 2.78. The normalized spacial score (nSPS) is 28.4. The first-order valence-electron chi connectivity index (χ1n) is 5.18. The number of carbonyl (C=O) groups is 2. The van der Waals surface area contributed by atoms with Crippen LogP contribution in [0.25, 0.3) is 0 Å². The zero-order valence-electron chi connectivity index (χ0n) is 8.53. The molecule has 14 heavy (non-hydrogen) atoms. The van der Waals surface area contributed by atoms with E-state index in [1.807, 2.05) is 6.92 Å². The summed E-state index contributed by atoms with van der Waals surface area (Å²) in [5.41, 5.74) is 5.71. The maximum atomic E-state index is 11.6. The van der Waals surface area contributed by atoms with Crippen LogP contribution in [0.3, 0.4) is 0 Å². The van der Waals surface area contributed by atoms with Crippen molar-refractivity contribution in [2.45, 2.75) is 44.7 Å². The number of nitrogens with two attached hydrogens (primary N) is 1. The van der Waals surface area contributed by atoms with Gasteiger partial charge in [-0.2, -0.15) is 0 Å². The van der Waals surface area contributed by atoms with E-state index in [0.29, 0.717) is 6.42 Å². The van der Waals surface area contributed by atoms with Gasteiger partial charge in [0.2, 0.25) is 5.91 Å². The molecule has 0 aromatic rings. The summed E-state index contributed by atoms with van der Waals surface area (Å²) in [6, 6.07) is -0.179. The van der Waals surface area contributed by atoms with Crippen molar-refractivity contribution >= 4 is 12.2 Å². The van der Waals surface area contributed by atoms with Crippen molar-refractivity contribution in [3.8, 4) is 0 Å². The van der Waals surface area contributed by atoms with Crippen molar-refractivity contribution in [1.82, 2.24) is 5.32 Å². The molecule has 0 unspecified atom stereocenters. The zero-order valence-corrected chi connectivity index (χ0v) is 8.53. The zero-order chi connectivity index (χ0) is 10.6. The molecular formula is C10H18N2O2. The van der Waals surface area contributed by atoms with E-state index in [9.17, 15) is 9.59 Å². The number of hydrogen-bond acceptors (Lipinski definition) is 3. The number of aldehydes is 1. The molecule has 3 N–H and O–H groups in total. The van der Waals surface area contributed by atoms with Crippen LogP contribution in [0.4, 0.5) is 0 Å². The topological polar surface area (TPSA) is 72.2 Å². The summed E-state index contributed by atoms with van der Waals surface area (Å²) in [6.45, 7) is 1.87. The summed E-state index contributed by atoms with van der Waals surface area (Å²) in [4.78, 5) is 22.1. The van der Waals surface area contributed by atoms with Crippen molar-refractivity contribution in [1.29, 1.82) is 0 Å². The molecule has 0 radical (unpaired) electrons. The smallest absolute Gasteiger partial charge is 0.223 e. The Kier molecular flexibility index (Phi) is 4.07. The molecule has 0 aromatic heterocycles. The van der Waals surface area contributed by atoms with Crippen LogP contribution in [0, 0.1) is 5.92 Å². The third-order valence-electron chi connectivity index (χ3n) is 2.78. The summed E-state index contributed by atoms with van der Waals surface area (Å²) in [6.07, 6.45) is 3.94. The van der Waals surface area contributed by atoms with Gasteiger partial charge < -0.3 is 15.8 Å². The standard InChI is InChI=1S/C10H18N2O2/c1-2-9(6-13)12-10(14)7-3-4-8(11)5-7/h6-9H,2-5,11H2,1H3,(H,12,14)/t7-,8-,9-/m0/s1. The van der Waals surface area contributed by atoms with Crippen LogP contribution in [0.1, 0.15) is 32.6 Å². The lowest BCUT2D eigenvalue weighted by Gasteiger charge is -2.14. The maximum Gasteiger partial charge on any atom is 0.223 e. The van der Waals surface area contributed by atoms with Crippen molar-refractivity contribution in [2.24, 2.45) is 11.7 Å². The minimum Gasteiger partial charge on any atom is -0.346 e. The van der Waals surface area contributed by atoms with Crippen LogP contribution < -0.4 is 11.1 Å². The van der Waals surface area contributed by atoms with Crippen LogP contribution in [-0.4, -0.2) is 24.3 Å². The van der Waals surface area contributed by atoms with Gasteiger partial charge >= 0.3 is 0 Å². The summed E-state index contributed by atoms with van der Waals surface area (Å²) in [7, 11) is 0. The minimum atomic E-state index is -0.334. The van der Waals surface area contributed by atoms with Gasteiger partial charge in [-0.1, -0.05) is 6.92 Å². The number of rotatable bonds is 4. The molecule has 0 saturated heterocycles. The molecule has 4 heteroatoms. The quantitative estimate of drug-likeness (QED) is 0.634. The van der Waals surface area contributed by atoms with E-state index in [4.69, 9.17) is 5.73 Å². The minimum absolute atomic E-state index is 0.0130. The molecule has 3 atom stereocenters. The molecule has 1 fully saturated rings. The molecule has 0 heterocycles. The molecule has 0 aliphatic heterocycles. The molecule has 4 nitrogen and oxygen atoms in total. The first-order chi connectivity index (χ1) is 6.67. The Bertz CT molecular complexity index is 218. The van der Waals surface area contributed by atoms with Crippen molar-refractivity contribution in [3.63, 3.8) is 0 Å². The van der Waals surface area contributed by atoms with Gasteiger partial charge in [0, 0.05) is 12.0 Å².